The molecule has 0 spiro atoms. The molecular formula is C11H16ClN3O. The summed E-state index contributed by atoms with van der Waals surface area (Å²) in [6, 6.07) is 7.39. The number of benzene rings is 1. The van der Waals surface area contributed by atoms with Gasteiger partial charge < -0.3 is 16.4 Å². The fourth-order valence-corrected chi connectivity index (χ4v) is 1.35. The van der Waals surface area contributed by atoms with Crippen molar-refractivity contribution in [2.24, 2.45) is 5.73 Å². The first-order valence-corrected chi connectivity index (χ1v) is 5.56. The average molecular weight is 242 g/mol. The Morgan fingerprint density at radius 3 is 2.44 bits per heavy atom. The number of urea groups is 1. The molecule has 88 valence electrons. The summed E-state index contributed by atoms with van der Waals surface area (Å²) in [4.78, 5) is 11.1. The first kappa shape index (κ1) is 12.8. The maximum Gasteiger partial charge on any atom is 0.314 e. The Kier molecular flexibility index (Phi) is 5.67. The summed E-state index contributed by atoms with van der Waals surface area (Å²) in [7, 11) is 0. The number of hydrogen-bond donors (Lipinski definition) is 3. The van der Waals surface area contributed by atoms with Gasteiger partial charge in [-0.1, -0.05) is 23.7 Å². The third-order valence-corrected chi connectivity index (χ3v) is 2.29. The molecule has 5 heteroatoms. The first-order valence-electron chi connectivity index (χ1n) is 5.18. The Labute approximate surface area is 100 Å². The zero-order chi connectivity index (χ0) is 11.8. The van der Waals surface area contributed by atoms with Gasteiger partial charge in [0.25, 0.3) is 0 Å². The monoisotopic (exact) mass is 241 g/mol. The molecule has 0 saturated heterocycles. The summed E-state index contributed by atoms with van der Waals surface area (Å²) < 4.78 is 0. The summed E-state index contributed by atoms with van der Waals surface area (Å²) in [5, 5.41) is 6.09. The number of carbonyl (C=O) groups is 1. The van der Waals surface area contributed by atoms with Crippen LogP contribution in [0.15, 0.2) is 24.3 Å². The van der Waals surface area contributed by atoms with Crippen molar-refractivity contribution < 1.29 is 4.79 Å². The molecule has 1 rings (SSSR count). The Balaban J connectivity index is 2.20. The fraction of sp³-hybridized carbons (Fsp3) is 0.364. The third-order valence-electron chi connectivity index (χ3n) is 2.04. The van der Waals surface area contributed by atoms with Gasteiger partial charge in [0.2, 0.25) is 0 Å². The molecule has 16 heavy (non-hydrogen) atoms. The Morgan fingerprint density at radius 2 is 1.81 bits per heavy atom. The van der Waals surface area contributed by atoms with E-state index in [-0.39, 0.29) is 6.03 Å². The smallest absolute Gasteiger partial charge is 0.314 e. The predicted molar refractivity (Wildman–Crippen MR) is 65.6 cm³/mol. The van der Waals surface area contributed by atoms with Crippen molar-refractivity contribution in [2.45, 2.75) is 6.42 Å². The highest BCUT2D eigenvalue weighted by atomic mass is 35.5. The molecule has 0 fully saturated rings. The molecule has 0 aliphatic carbocycles. The van der Waals surface area contributed by atoms with Crippen molar-refractivity contribution in [1.29, 1.82) is 0 Å². The van der Waals surface area contributed by atoms with Crippen LogP contribution in [-0.2, 0) is 6.42 Å². The molecule has 4 nitrogen and oxygen atoms in total. The van der Waals surface area contributed by atoms with E-state index in [2.05, 4.69) is 10.6 Å². The average Bonchev–Trinajstić information content (AvgIpc) is 2.29. The maximum absolute atomic E-state index is 11.1. The molecule has 0 aliphatic rings. The maximum atomic E-state index is 11.1. The van der Waals surface area contributed by atoms with Gasteiger partial charge in [-0.3, -0.25) is 0 Å². The molecule has 0 atom stereocenters. The number of amides is 2. The van der Waals surface area contributed by atoms with Crippen molar-refractivity contribution in [3.8, 4) is 0 Å². The molecule has 0 unspecified atom stereocenters. The summed E-state index contributed by atoms with van der Waals surface area (Å²) in [6.07, 6.45) is 0.785. The summed E-state index contributed by atoms with van der Waals surface area (Å²) in [5.74, 6) is 0. The lowest BCUT2D eigenvalue weighted by Crippen LogP contribution is -2.39. The Morgan fingerprint density at radius 1 is 1.19 bits per heavy atom. The van der Waals surface area contributed by atoms with E-state index in [1.54, 1.807) is 0 Å². The minimum Gasteiger partial charge on any atom is -0.338 e. The molecule has 2 amide bonds. The standard InChI is InChI=1S/C11H16ClN3O/c12-10-3-1-9(2-4-10)5-7-14-11(16)15-8-6-13/h1-4H,5-8,13H2,(H2,14,15,16). The van der Waals surface area contributed by atoms with Crippen LogP contribution < -0.4 is 16.4 Å². The quantitative estimate of drug-likeness (QED) is 0.724. The molecule has 0 aromatic heterocycles. The van der Waals surface area contributed by atoms with Crippen LogP contribution in [-0.4, -0.2) is 25.7 Å². The second-order valence-corrected chi connectivity index (χ2v) is 3.78. The predicted octanol–water partition coefficient (Wildman–Crippen LogP) is 1.14. The second-order valence-electron chi connectivity index (χ2n) is 3.35. The highest BCUT2D eigenvalue weighted by molar-refractivity contribution is 6.30. The van der Waals surface area contributed by atoms with Crippen LogP contribution in [0.3, 0.4) is 0 Å². The van der Waals surface area contributed by atoms with Crippen LogP contribution in [0.1, 0.15) is 5.56 Å². The van der Waals surface area contributed by atoms with Crippen LogP contribution in [0.4, 0.5) is 4.79 Å². The van der Waals surface area contributed by atoms with Gasteiger partial charge in [0, 0.05) is 24.7 Å². The van der Waals surface area contributed by atoms with Gasteiger partial charge in [-0.25, -0.2) is 4.79 Å². The van der Waals surface area contributed by atoms with E-state index in [1.165, 1.54) is 0 Å². The zero-order valence-corrected chi connectivity index (χ0v) is 9.76. The Bertz CT molecular complexity index is 327. The summed E-state index contributed by atoms with van der Waals surface area (Å²) in [6.45, 7) is 1.54. The number of nitrogens with two attached hydrogens (primary N) is 1. The lowest BCUT2D eigenvalue weighted by molar-refractivity contribution is 0.241. The van der Waals surface area contributed by atoms with Crippen molar-refractivity contribution in [3.63, 3.8) is 0 Å². The lowest BCUT2D eigenvalue weighted by atomic mass is 10.1. The molecule has 0 radical (unpaired) electrons. The van der Waals surface area contributed by atoms with E-state index in [4.69, 9.17) is 17.3 Å². The minimum absolute atomic E-state index is 0.181. The van der Waals surface area contributed by atoms with E-state index in [9.17, 15) is 4.79 Å². The van der Waals surface area contributed by atoms with E-state index >= 15 is 0 Å². The van der Waals surface area contributed by atoms with E-state index in [1.807, 2.05) is 24.3 Å². The Hall–Kier alpha value is -1.26. The molecule has 4 N–H and O–H groups in total. The van der Waals surface area contributed by atoms with Gasteiger partial charge in [-0.05, 0) is 24.1 Å². The van der Waals surface area contributed by atoms with Crippen molar-refractivity contribution in [2.75, 3.05) is 19.6 Å². The molecule has 1 aromatic carbocycles. The van der Waals surface area contributed by atoms with Gasteiger partial charge in [0.1, 0.15) is 0 Å². The summed E-state index contributed by atoms with van der Waals surface area (Å²) >= 11 is 5.76. The highest BCUT2D eigenvalue weighted by Gasteiger charge is 1.98. The molecule has 0 heterocycles. The van der Waals surface area contributed by atoms with Crippen molar-refractivity contribution in [3.05, 3.63) is 34.9 Å². The second kappa shape index (κ2) is 7.09. The van der Waals surface area contributed by atoms with Gasteiger partial charge in [-0.15, -0.1) is 0 Å². The third kappa shape index (κ3) is 5.00. The topological polar surface area (TPSA) is 67.1 Å². The SMILES string of the molecule is NCCNC(=O)NCCc1ccc(Cl)cc1. The van der Waals surface area contributed by atoms with Crippen molar-refractivity contribution >= 4 is 17.6 Å². The van der Waals surface area contributed by atoms with Crippen LogP contribution in [0.25, 0.3) is 0 Å². The normalized spacial score (nSPS) is 9.88. The van der Waals surface area contributed by atoms with Gasteiger partial charge in [0.05, 0.1) is 0 Å². The molecule has 0 bridgehead atoms. The van der Waals surface area contributed by atoms with Crippen LogP contribution in [0.2, 0.25) is 5.02 Å². The molecule has 0 aliphatic heterocycles. The van der Waals surface area contributed by atoms with E-state index < -0.39 is 0 Å². The number of carbonyl (C=O) groups excluding carboxylic acids is 1. The largest absolute Gasteiger partial charge is 0.338 e. The first-order chi connectivity index (χ1) is 7.72. The highest BCUT2D eigenvalue weighted by Crippen LogP contribution is 2.09. The molecular weight excluding hydrogens is 226 g/mol. The number of hydrogen-bond acceptors (Lipinski definition) is 2. The van der Waals surface area contributed by atoms with Gasteiger partial charge in [-0.2, -0.15) is 0 Å². The van der Waals surface area contributed by atoms with Gasteiger partial charge >= 0.3 is 6.03 Å². The van der Waals surface area contributed by atoms with E-state index in [0.29, 0.717) is 19.6 Å². The number of halogens is 1. The van der Waals surface area contributed by atoms with Gasteiger partial charge in [0.15, 0.2) is 0 Å². The number of rotatable bonds is 5. The molecule has 1 aromatic rings. The van der Waals surface area contributed by atoms with Crippen LogP contribution in [0, 0.1) is 0 Å². The lowest BCUT2D eigenvalue weighted by Gasteiger charge is -2.06. The minimum atomic E-state index is -0.181. The van der Waals surface area contributed by atoms with E-state index in [0.717, 1.165) is 17.0 Å². The fourth-order valence-electron chi connectivity index (χ4n) is 1.22. The van der Waals surface area contributed by atoms with Crippen LogP contribution in [0.5, 0.6) is 0 Å². The van der Waals surface area contributed by atoms with Crippen molar-refractivity contribution in [1.82, 2.24) is 10.6 Å². The zero-order valence-electron chi connectivity index (χ0n) is 9.00. The summed E-state index contributed by atoms with van der Waals surface area (Å²) in [5.41, 5.74) is 6.40. The van der Waals surface area contributed by atoms with Crippen LogP contribution >= 0.6 is 11.6 Å². The number of nitrogens with one attached hydrogen (secondary N) is 2. The molecule has 0 saturated carbocycles.